The van der Waals surface area contributed by atoms with Crippen molar-refractivity contribution in [1.29, 1.82) is 0 Å². The van der Waals surface area contributed by atoms with Gasteiger partial charge in [-0.2, -0.15) is 5.10 Å². The van der Waals surface area contributed by atoms with Crippen LogP contribution in [-0.2, 0) is 13.6 Å². The summed E-state index contributed by atoms with van der Waals surface area (Å²) in [6, 6.07) is 4.81. The molecular weight excluding hydrogens is 273 g/mol. The van der Waals surface area contributed by atoms with Crippen molar-refractivity contribution in [1.82, 2.24) is 9.78 Å². The van der Waals surface area contributed by atoms with Gasteiger partial charge < -0.3 is 5.32 Å². The first-order chi connectivity index (χ1) is 7.65. The Morgan fingerprint density at radius 2 is 2.31 bits per heavy atom. The number of benzene rings is 1. The summed E-state index contributed by atoms with van der Waals surface area (Å²) in [5, 5.41) is 7.07. The first kappa shape index (κ1) is 11.1. The van der Waals surface area contributed by atoms with Crippen molar-refractivity contribution in [3.05, 3.63) is 46.4 Å². The van der Waals surface area contributed by atoms with Crippen molar-refractivity contribution in [3.63, 3.8) is 0 Å². The van der Waals surface area contributed by atoms with Gasteiger partial charge in [0.2, 0.25) is 0 Å². The van der Waals surface area contributed by atoms with Crippen LogP contribution in [0.25, 0.3) is 0 Å². The van der Waals surface area contributed by atoms with Crippen molar-refractivity contribution < 1.29 is 4.39 Å². The number of hydrogen-bond donors (Lipinski definition) is 1. The lowest BCUT2D eigenvalue weighted by Gasteiger charge is -2.06. The molecule has 2 rings (SSSR count). The molecule has 5 heteroatoms. The van der Waals surface area contributed by atoms with Gasteiger partial charge in [-0.1, -0.05) is 15.9 Å². The molecular formula is C11H11BrFN3. The predicted octanol–water partition coefficient (Wildman–Crippen LogP) is 2.93. The molecule has 2 aromatic rings. The molecule has 1 aromatic heterocycles. The zero-order valence-electron chi connectivity index (χ0n) is 8.74. The van der Waals surface area contributed by atoms with Crippen LogP contribution in [0.2, 0.25) is 0 Å². The summed E-state index contributed by atoms with van der Waals surface area (Å²) in [5.74, 6) is -0.257. The van der Waals surface area contributed by atoms with E-state index in [4.69, 9.17) is 0 Å². The number of nitrogens with zero attached hydrogens (tertiary/aromatic N) is 2. The van der Waals surface area contributed by atoms with Gasteiger partial charge >= 0.3 is 0 Å². The Bertz CT molecular complexity index is 496. The van der Waals surface area contributed by atoms with Crippen LogP contribution in [0.1, 0.15) is 5.56 Å². The number of nitrogens with one attached hydrogen (secondary N) is 1. The fourth-order valence-electron chi connectivity index (χ4n) is 1.39. The number of anilines is 1. The number of hydrogen-bond acceptors (Lipinski definition) is 2. The van der Waals surface area contributed by atoms with Gasteiger partial charge in [0.15, 0.2) is 0 Å². The van der Waals surface area contributed by atoms with Crippen LogP contribution in [0.5, 0.6) is 0 Å². The van der Waals surface area contributed by atoms with Gasteiger partial charge in [-0.05, 0) is 18.2 Å². The van der Waals surface area contributed by atoms with E-state index < -0.39 is 0 Å². The fraction of sp³-hybridized carbons (Fsp3) is 0.182. The predicted molar refractivity (Wildman–Crippen MR) is 64.6 cm³/mol. The molecule has 0 aliphatic rings. The molecule has 0 amide bonds. The summed E-state index contributed by atoms with van der Waals surface area (Å²) in [4.78, 5) is 0. The van der Waals surface area contributed by atoms with E-state index in [2.05, 4.69) is 26.3 Å². The van der Waals surface area contributed by atoms with Crippen molar-refractivity contribution in [2.45, 2.75) is 6.54 Å². The summed E-state index contributed by atoms with van der Waals surface area (Å²) in [5.41, 5.74) is 1.50. The lowest BCUT2D eigenvalue weighted by atomic mass is 10.3. The molecule has 1 aromatic carbocycles. The number of aryl methyl sites for hydroxylation is 1. The summed E-state index contributed by atoms with van der Waals surface area (Å²) >= 11 is 3.30. The van der Waals surface area contributed by atoms with Gasteiger partial charge in [-0.25, -0.2) is 4.39 Å². The highest BCUT2D eigenvalue weighted by Gasteiger charge is 2.02. The molecule has 1 heterocycles. The molecule has 1 N–H and O–H groups in total. The quantitative estimate of drug-likeness (QED) is 0.939. The number of halogens is 2. The molecule has 0 aliphatic heterocycles. The minimum absolute atomic E-state index is 0.257. The summed E-state index contributed by atoms with van der Waals surface area (Å²) < 4.78 is 15.9. The average molecular weight is 284 g/mol. The molecule has 0 unspecified atom stereocenters. The van der Waals surface area contributed by atoms with E-state index in [1.54, 1.807) is 23.0 Å². The highest BCUT2D eigenvalue weighted by Crippen LogP contribution is 2.20. The van der Waals surface area contributed by atoms with E-state index in [1.165, 1.54) is 6.07 Å². The molecule has 16 heavy (non-hydrogen) atoms. The standard InChI is InChI=1S/C11H11BrFN3/c1-16-7-8(6-15-16)5-14-11-4-9(12)2-3-10(11)13/h2-4,6-7,14H,5H2,1H3. The van der Waals surface area contributed by atoms with Crippen LogP contribution in [0.3, 0.4) is 0 Å². The van der Waals surface area contributed by atoms with Crippen LogP contribution < -0.4 is 5.32 Å². The maximum Gasteiger partial charge on any atom is 0.146 e. The van der Waals surface area contributed by atoms with Gasteiger partial charge in [-0.3, -0.25) is 4.68 Å². The molecule has 3 nitrogen and oxygen atoms in total. The van der Waals surface area contributed by atoms with E-state index in [-0.39, 0.29) is 5.82 Å². The smallest absolute Gasteiger partial charge is 0.146 e. The minimum Gasteiger partial charge on any atom is -0.378 e. The normalized spacial score (nSPS) is 10.4. The van der Waals surface area contributed by atoms with Gasteiger partial charge in [0.05, 0.1) is 11.9 Å². The average Bonchev–Trinajstić information content (AvgIpc) is 2.66. The lowest BCUT2D eigenvalue weighted by Crippen LogP contribution is -2.00. The van der Waals surface area contributed by atoms with Crippen molar-refractivity contribution in [2.75, 3.05) is 5.32 Å². The monoisotopic (exact) mass is 283 g/mol. The Labute approximate surface area is 101 Å². The third kappa shape index (κ3) is 2.61. The van der Waals surface area contributed by atoms with Crippen LogP contribution in [0, 0.1) is 5.82 Å². The first-order valence-electron chi connectivity index (χ1n) is 4.81. The van der Waals surface area contributed by atoms with Gasteiger partial charge in [-0.15, -0.1) is 0 Å². The molecule has 84 valence electrons. The number of rotatable bonds is 3. The molecule has 0 saturated carbocycles. The molecule has 0 aliphatic carbocycles. The van der Waals surface area contributed by atoms with Crippen LogP contribution in [-0.4, -0.2) is 9.78 Å². The maximum atomic E-state index is 13.4. The first-order valence-corrected chi connectivity index (χ1v) is 5.61. The third-order valence-corrected chi connectivity index (χ3v) is 2.66. The fourth-order valence-corrected chi connectivity index (χ4v) is 1.75. The Morgan fingerprint density at radius 3 is 3.00 bits per heavy atom. The van der Waals surface area contributed by atoms with Crippen molar-refractivity contribution >= 4 is 21.6 Å². The molecule has 0 spiro atoms. The van der Waals surface area contributed by atoms with Gasteiger partial charge in [0.25, 0.3) is 0 Å². The zero-order valence-corrected chi connectivity index (χ0v) is 10.3. The van der Waals surface area contributed by atoms with E-state index in [0.29, 0.717) is 12.2 Å². The van der Waals surface area contributed by atoms with Crippen molar-refractivity contribution in [3.8, 4) is 0 Å². The molecule has 0 fully saturated rings. The molecule has 0 atom stereocenters. The van der Waals surface area contributed by atoms with E-state index in [9.17, 15) is 4.39 Å². The van der Waals surface area contributed by atoms with Crippen molar-refractivity contribution in [2.24, 2.45) is 7.05 Å². The highest BCUT2D eigenvalue weighted by atomic mass is 79.9. The summed E-state index contributed by atoms with van der Waals surface area (Å²) in [6.45, 7) is 0.557. The van der Waals surface area contributed by atoms with E-state index in [1.807, 2.05) is 13.2 Å². The second-order valence-corrected chi connectivity index (χ2v) is 4.42. The second-order valence-electron chi connectivity index (χ2n) is 3.50. The Hall–Kier alpha value is -1.36. The summed E-state index contributed by atoms with van der Waals surface area (Å²) in [7, 11) is 1.85. The largest absolute Gasteiger partial charge is 0.378 e. The van der Waals surface area contributed by atoms with Crippen LogP contribution >= 0.6 is 15.9 Å². The minimum atomic E-state index is -0.257. The highest BCUT2D eigenvalue weighted by molar-refractivity contribution is 9.10. The Balaban J connectivity index is 2.07. The topological polar surface area (TPSA) is 29.9 Å². The SMILES string of the molecule is Cn1cc(CNc2cc(Br)ccc2F)cn1. The lowest BCUT2D eigenvalue weighted by molar-refractivity contribution is 0.630. The Kier molecular flexibility index (Phi) is 3.24. The molecule has 0 saturated heterocycles. The number of aromatic nitrogens is 2. The Morgan fingerprint density at radius 1 is 1.50 bits per heavy atom. The van der Waals surface area contributed by atoms with Crippen LogP contribution in [0.15, 0.2) is 35.1 Å². The van der Waals surface area contributed by atoms with Crippen LogP contribution in [0.4, 0.5) is 10.1 Å². The zero-order chi connectivity index (χ0) is 11.5. The van der Waals surface area contributed by atoms with E-state index in [0.717, 1.165) is 10.0 Å². The van der Waals surface area contributed by atoms with Gasteiger partial charge in [0.1, 0.15) is 5.82 Å². The third-order valence-electron chi connectivity index (χ3n) is 2.17. The van der Waals surface area contributed by atoms with Gasteiger partial charge in [0, 0.05) is 29.8 Å². The second kappa shape index (κ2) is 4.65. The maximum absolute atomic E-state index is 13.4. The summed E-state index contributed by atoms with van der Waals surface area (Å²) in [6.07, 6.45) is 3.64. The van der Waals surface area contributed by atoms with E-state index >= 15 is 0 Å². The molecule has 0 bridgehead atoms. The molecule has 0 radical (unpaired) electrons.